The van der Waals surface area contributed by atoms with Crippen molar-refractivity contribution < 1.29 is 8.78 Å². The van der Waals surface area contributed by atoms with E-state index in [1.54, 1.807) is 35.8 Å². The first-order chi connectivity index (χ1) is 13.9. The Morgan fingerprint density at radius 3 is 2.38 bits per heavy atom. The highest BCUT2D eigenvalue weighted by molar-refractivity contribution is 6.30. The topological polar surface area (TPSA) is 52.7 Å². The molecule has 2 aromatic carbocycles. The molecule has 5 nitrogen and oxygen atoms in total. The van der Waals surface area contributed by atoms with E-state index in [-0.39, 0.29) is 16.9 Å². The summed E-state index contributed by atoms with van der Waals surface area (Å²) in [5.74, 6) is -2.01. The normalized spacial score (nSPS) is 12.4. The van der Waals surface area contributed by atoms with Crippen LogP contribution in [0.5, 0.6) is 0 Å². The monoisotopic (exact) mass is 414 g/mol. The molecule has 4 rings (SSSR count). The SMILES string of the molecule is CCn1cnc2c(=O)n(-c3ccc(Cl)cc3)c(C(C)c3c(F)cccc3F)nc21. The Labute approximate surface area is 170 Å². The first-order valence-electron chi connectivity index (χ1n) is 9.10. The first-order valence-corrected chi connectivity index (χ1v) is 9.47. The molecule has 0 aliphatic rings. The van der Waals surface area contributed by atoms with E-state index < -0.39 is 23.1 Å². The average molecular weight is 415 g/mol. The van der Waals surface area contributed by atoms with Gasteiger partial charge in [-0.05, 0) is 43.3 Å². The predicted molar refractivity (Wildman–Crippen MR) is 108 cm³/mol. The molecule has 1 atom stereocenters. The van der Waals surface area contributed by atoms with Gasteiger partial charge in [0, 0.05) is 23.0 Å². The number of fused-ring (bicyclic) bond motifs is 1. The van der Waals surface area contributed by atoms with Gasteiger partial charge in [0.1, 0.15) is 17.5 Å². The van der Waals surface area contributed by atoms with Crippen LogP contribution in [0, 0.1) is 11.6 Å². The summed E-state index contributed by atoms with van der Waals surface area (Å²) < 4.78 is 32.0. The first kappa shape index (κ1) is 19.3. The lowest BCUT2D eigenvalue weighted by atomic mass is 9.98. The molecular formula is C21H17ClF2N4O. The van der Waals surface area contributed by atoms with Crippen molar-refractivity contribution in [2.45, 2.75) is 26.3 Å². The van der Waals surface area contributed by atoms with E-state index in [2.05, 4.69) is 9.97 Å². The summed E-state index contributed by atoms with van der Waals surface area (Å²) >= 11 is 5.98. The van der Waals surface area contributed by atoms with Crippen LogP contribution in [0.4, 0.5) is 8.78 Å². The number of aromatic nitrogens is 4. The number of aryl methyl sites for hydroxylation is 1. The average Bonchev–Trinajstić information content (AvgIpc) is 3.12. The van der Waals surface area contributed by atoms with Crippen molar-refractivity contribution in [1.82, 2.24) is 19.1 Å². The van der Waals surface area contributed by atoms with Crippen LogP contribution in [0.15, 0.2) is 53.6 Å². The summed E-state index contributed by atoms with van der Waals surface area (Å²) in [6, 6.07) is 10.3. The molecule has 0 spiro atoms. The van der Waals surface area contributed by atoms with Crippen LogP contribution < -0.4 is 5.56 Å². The third-order valence-electron chi connectivity index (χ3n) is 4.91. The summed E-state index contributed by atoms with van der Waals surface area (Å²) in [7, 11) is 0. The second-order valence-electron chi connectivity index (χ2n) is 6.65. The summed E-state index contributed by atoms with van der Waals surface area (Å²) in [6.07, 6.45) is 1.53. The second-order valence-corrected chi connectivity index (χ2v) is 7.08. The van der Waals surface area contributed by atoms with Crippen LogP contribution in [-0.2, 0) is 6.54 Å². The fraction of sp³-hybridized carbons (Fsp3) is 0.190. The third kappa shape index (κ3) is 3.21. The minimum atomic E-state index is -0.829. The van der Waals surface area contributed by atoms with Gasteiger partial charge < -0.3 is 4.57 Å². The molecule has 0 bridgehead atoms. The Morgan fingerprint density at radius 2 is 1.76 bits per heavy atom. The molecule has 0 aliphatic heterocycles. The Bertz CT molecular complexity index is 1240. The fourth-order valence-electron chi connectivity index (χ4n) is 3.43. The van der Waals surface area contributed by atoms with E-state index in [0.717, 1.165) is 0 Å². The van der Waals surface area contributed by atoms with E-state index in [1.165, 1.54) is 29.1 Å². The van der Waals surface area contributed by atoms with E-state index >= 15 is 0 Å². The van der Waals surface area contributed by atoms with Gasteiger partial charge in [0.2, 0.25) is 0 Å². The maximum Gasteiger partial charge on any atom is 0.286 e. The second kappa shape index (κ2) is 7.40. The van der Waals surface area contributed by atoms with Crippen LogP contribution in [0.1, 0.15) is 31.2 Å². The van der Waals surface area contributed by atoms with Crippen LogP contribution in [-0.4, -0.2) is 19.1 Å². The molecule has 0 fully saturated rings. The van der Waals surface area contributed by atoms with E-state index in [1.807, 2.05) is 6.92 Å². The molecular weight excluding hydrogens is 398 g/mol. The number of imidazole rings is 1. The van der Waals surface area contributed by atoms with Gasteiger partial charge in [0.05, 0.1) is 12.0 Å². The molecule has 0 radical (unpaired) electrons. The highest BCUT2D eigenvalue weighted by Crippen LogP contribution is 2.29. The quantitative estimate of drug-likeness (QED) is 0.487. The number of halogens is 3. The van der Waals surface area contributed by atoms with Crippen molar-refractivity contribution >= 4 is 22.8 Å². The fourth-order valence-corrected chi connectivity index (χ4v) is 3.55. The van der Waals surface area contributed by atoms with Crippen LogP contribution in [0.2, 0.25) is 5.02 Å². The molecule has 1 unspecified atom stereocenters. The molecule has 29 heavy (non-hydrogen) atoms. The molecule has 0 saturated carbocycles. The number of hydrogen-bond donors (Lipinski definition) is 0. The highest BCUT2D eigenvalue weighted by atomic mass is 35.5. The van der Waals surface area contributed by atoms with E-state index in [9.17, 15) is 13.6 Å². The van der Waals surface area contributed by atoms with E-state index in [0.29, 0.717) is 22.9 Å². The van der Waals surface area contributed by atoms with Crippen LogP contribution >= 0.6 is 11.6 Å². The van der Waals surface area contributed by atoms with Crippen molar-refractivity contribution in [3.63, 3.8) is 0 Å². The van der Waals surface area contributed by atoms with Gasteiger partial charge in [-0.1, -0.05) is 24.6 Å². The lowest BCUT2D eigenvalue weighted by Gasteiger charge is -2.19. The van der Waals surface area contributed by atoms with Crippen molar-refractivity contribution in [3.8, 4) is 5.69 Å². The van der Waals surface area contributed by atoms with Crippen LogP contribution in [0.25, 0.3) is 16.9 Å². The number of rotatable bonds is 4. The molecule has 4 aromatic rings. The summed E-state index contributed by atoms with van der Waals surface area (Å²) in [4.78, 5) is 22.1. The molecule has 148 valence electrons. The summed E-state index contributed by atoms with van der Waals surface area (Å²) in [5.41, 5.74) is 0.485. The van der Waals surface area contributed by atoms with Gasteiger partial charge in [-0.3, -0.25) is 9.36 Å². The number of hydrogen-bond acceptors (Lipinski definition) is 3. The van der Waals surface area contributed by atoms with Gasteiger partial charge in [0.15, 0.2) is 11.2 Å². The van der Waals surface area contributed by atoms with Crippen LogP contribution in [0.3, 0.4) is 0 Å². The summed E-state index contributed by atoms with van der Waals surface area (Å²) in [6.45, 7) is 4.07. The number of nitrogens with zero attached hydrogens (tertiary/aromatic N) is 4. The molecule has 8 heteroatoms. The Balaban J connectivity index is 2.06. The van der Waals surface area contributed by atoms with Crippen molar-refractivity contribution in [1.29, 1.82) is 0 Å². The lowest BCUT2D eigenvalue weighted by Crippen LogP contribution is -2.26. The van der Waals surface area contributed by atoms with Crippen molar-refractivity contribution in [3.05, 3.63) is 87.2 Å². The molecule has 0 amide bonds. The maximum atomic E-state index is 14.5. The Hall–Kier alpha value is -3.06. The van der Waals surface area contributed by atoms with E-state index in [4.69, 9.17) is 11.6 Å². The smallest absolute Gasteiger partial charge is 0.286 e. The minimum Gasteiger partial charge on any atom is -0.315 e. The molecule has 2 heterocycles. The highest BCUT2D eigenvalue weighted by Gasteiger charge is 2.25. The van der Waals surface area contributed by atoms with Gasteiger partial charge in [-0.25, -0.2) is 18.7 Å². The predicted octanol–water partition coefficient (Wildman–Crippen LogP) is 4.69. The minimum absolute atomic E-state index is 0.149. The Kier molecular flexibility index (Phi) is 4.92. The van der Waals surface area contributed by atoms with Crippen molar-refractivity contribution in [2.24, 2.45) is 0 Å². The molecule has 0 N–H and O–H groups in total. The standard InChI is InChI=1S/C21H17ClF2N4O/c1-3-27-11-25-18-20(27)26-19(12(2)17-15(23)5-4-6-16(17)24)28(21(18)29)14-9-7-13(22)8-10-14/h4-12H,3H2,1-2H3. The zero-order valence-corrected chi connectivity index (χ0v) is 16.5. The zero-order valence-electron chi connectivity index (χ0n) is 15.7. The van der Waals surface area contributed by atoms with Gasteiger partial charge in [-0.2, -0.15) is 0 Å². The van der Waals surface area contributed by atoms with Crippen molar-refractivity contribution in [2.75, 3.05) is 0 Å². The summed E-state index contributed by atoms with van der Waals surface area (Å²) in [5, 5.41) is 0.501. The zero-order chi connectivity index (χ0) is 20.7. The third-order valence-corrected chi connectivity index (χ3v) is 5.16. The molecule has 0 aliphatic carbocycles. The van der Waals surface area contributed by atoms with Gasteiger partial charge in [0.25, 0.3) is 5.56 Å². The van der Waals surface area contributed by atoms with Gasteiger partial charge in [-0.15, -0.1) is 0 Å². The van der Waals surface area contributed by atoms with Gasteiger partial charge >= 0.3 is 0 Å². The largest absolute Gasteiger partial charge is 0.315 e. The lowest BCUT2D eigenvalue weighted by molar-refractivity contribution is 0.539. The Morgan fingerprint density at radius 1 is 1.10 bits per heavy atom. The maximum absolute atomic E-state index is 14.5. The molecule has 2 aromatic heterocycles. The molecule has 0 saturated heterocycles. The number of benzene rings is 2.